The Morgan fingerprint density at radius 2 is 2.08 bits per heavy atom. The Kier molecular flexibility index (Phi) is 5.36. The molecule has 5 heteroatoms. The molecule has 0 aliphatic heterocycles. The number of hydrogen-bond donors (Lipinski definition) is 4. The Labute approximate surface area is 73.2 Å². The minimum Gasteiger partial charge on any atom is -0.395 e. The molecule has 74 valence electrons. The lowest BCUT2D eigenvalue weighted by Crippen LogP contribution is -2.57. The van der Waals surface area contributed by atoms with Crippen molar-refractivity contribution in [1.82, 2.24) is 10.2 Å². The normalized spacial score (nSPS) is 16.5. The lowest BCUT2D eigenvalue weighted by molar-refractivity contribution is -0.117. The summed E-state index contributed by atoms with van der Waals surface area (Å²) < 4.78 is 0. The second-order valence-electron chi connectivity index (χ2n) is 2.77. The van der Waals surface area contributed by atoms with Crippen molar-refractivity contribution in [2.45, 2.75) is 12.8 Å². The molecule has 0 spiro atoms. The molecule has 0 aromatic carbocycles. The van der Waals surface area contributed by atoms with Gasteiger partial charge in [0.05, 0.1) is 6.61 Å². The monoisotopic (exact) mass is 177 g/mol. The first-order chi connectivity index (χ1) is 5.58. The lowest BCUT2D eigenvalue weighted by atomic mass is 10.3. The van der Waals surface area contributed by atoms with E-state index in [0.29, 0.717) is 19.6 Å². The van der Waals surface area contributed by atoms with Crippen LogP contribution in [0.1, 0.15) is 6.92 Å². The van der Waals surface area contributed by atoms with Crippen molar-refractivity contribution in [2.24, 2.45) is 5.73 Å². The van der Waals surface area contributed by atoms with Crippen molar-refractivity contribution in [2.75, 3.05) is 33.3 Å². The van der Waals surface area contributed by atoms with Crippen molar-refractivity contribution in [3.8, 4) is 0 Å². The van der Waals surface area contributed by atoms with E-state index in [0.717, 1.165) is 0 Å². The fourth-order valence-electron chi connectivity index (χ4n) is 0.982. The van der Waals surface area contributed by atoms with Crippen molar-refractivity contribution in [3.63, 3.8) is 0 Å². The molecule has 0 amide bonds. The summed E-state index contributed by atoms with van der Waals surface area (Å²) in [6.07, 6.45) is 0. The molecule has 1 atom stereocenters. The molecule has 1 unspecified atom stereocenters. The summed E-state index contributed by atoms with van der Waals surface area (Å²) in [4.78, 5) is 1.67. The second kappa shape index (κ2) is 5.45. The highest BCUT2D eigenvalue weighted by molar-refractivity contribution is 4.70. The van der Waals surface area contributed by atoms with Crippen LogP contribution in [0.2, 0.25) is 0 Å². The lowest BCUT2D eigenvalue weighted by Gasteiger charge is -2.35. The van der Waals surface area contributed by atoms with Crippen LogP contribution in [0, 0.1) is 0 Å². The van der Waals surface area contributed by atoms with Crippen molar-refractivity contribution in [3.05, 3.63) is 0 Å². The Morgan fingerprint density at radius 1 is 1.50 bits per heavy atom. The van der Waals surface area contributed by atoms with Crippen LogP contribution in [-0.4, -0.2) is 54.3 Å². The van der Waals surface area contributed by atoms with E-state index >= 15 is 0 Å². The molecule has 0 saturated carbocycles. The number of aliphatic hydroxyl groups excluding tert-OH is 1. The molecular weight excluding hydrogens is 158 g/mol. The van der Waals surface area contributed by atoms with E-state index in [9.17, 15) is 5.11 Å². The van der Waals surface area contributed by atoms with Gasteiger partial charge in [-0.1, -0.05) is 0 Å². The van der Waals surface area contributed by atoms with E-state index in [-0.39, 0.29) is 6.61 Å². The third kappa shape index (κ3) is 3.46. The molecule has 0 heterocycles. The van der Waals surface area contributed by atoms with Gasteiger partial charge in [0, 0.05) is 19.6 Å². The Morgan fingerprint density at radius 3 is 2.42 bits per heavy atom. The van der Waals surface area contributed by atoms with Crippen LogP contribution in [0.4, 0.5) is 0 Å². The summed E-state index contributed by atoms with van der Waals surface area (Å²) in [6.45, 7) is 3.05. The van der Waals surface area contributed by atoms with Gasteiger partial charge >= 0.3 is 0 Å². The Balaban J connectivity index is 4.07. The molecule has 0 bridgehead atoms. The number of nitrogens with two attached hydrogens (primary N) is 1. The SMILES string of the molecule is CNC(C)(O)N(CCN)CCO. The van der Waals surface area contributed by atoms with Crippen LogP contribution >= 0.6 is 0 Å². The molecule has 5 nitrogen and oxygen atoms in total. The van der Waals surface area contributed by atoms with Gasteiger partial charge in [0.15, 0.2) is 5.85 Å². The molecule has 5 N–H and O–H groups in total. The number of aliphatic hydroxyl groups is 2. The first kappa shape index (κ1) is 11.8. The zero-order valence-electron chi connectivity index (χ0n) is 7.75. The largest absolute Gasteiger partial charge is 0.395 e. The molecule has 0 aromatic heterocycles. The van der Waals surface area contributed by atoms with E-state index in [4.69, 9.17) is 10.8 Å². The van der Waals surface area contributed by atoms with Crippen molar-refractivity contribution >= 4 is 0 Å². The van der Waals surface area contributed by atoms with Crippen LogP contribution in [0.15, 0.2) is 0 Å². The Hall–Kier alpha value is -0.200. The maximum absolute atomic E-state index is 9.69. The predicted molar refractivity (Wildman–Crippen MR) is 47.4 cm³/mol. The van der Waals surface area contributed by atoms with E-state index in [2.05, 4.69) is 5.32 Å². The van der Waals surface area contributed by atoms with Gasteiger partial charge in [0.2, 0.25) is 0 Å². The first-order valence-electron chi connectivity index (χ1n) is 4.05. The zero-order valence-corrected chi connectivity index (χ0v) is 7.75. The van der Waals surface area contributed by atoms with Gasteiger partial charge in [-0.3, -0.25) is 10.2 Å². The van der Waals surface area contributed by atoms with Gasteiger partial charge in [-0.15, -0.1) is 0 Å². The Bertz CT molecular complexity index is 113. The molecule has 0 fully saturated rings. The summed E-state index contributed by atoms with van der Waals surface area (Å²) in [5.74, 6) is -1.10. The molecule has 0 aromatic rings. The fourth-order valence-corrected chi connectivity index (χ4v) is 0.982. The summed E-state index contributed by atoms with van der Waals surface area (Å²) in [6, 6.07) is 0. The highest BCUT2D eigenvalue weighted by Gasteiger charge is 2.25. The molecular formula is C7H19N3O2. The number of nitrogens with one attached hydrogen (secondary N) is 1. The van der Waals surface area contributed by atoms with Crippen LogP contribution < -0.4 is 11.1 Å². The first-order valence-corrected chi connectivity index (χ1v) is 4.05. The van der Waals surface area contributed by atoms with E-state index in [1.807, 2.05) is 0 Å². The molecule has 0 aliphatic carbocycles. The predicted octanol–water partition coefficient (Wildman–Crippen LogP) is -1.88. The molecule has 0 radical (unpaired) electrons. The minimum atomic E-state index is -1.10. The van der Waals surface area contributed by atoms with E-state index < -0.39 is 5.85 Å². The highest BCUT2D eigenvalue weighted by Crippen LogP contribution is 2.04. The van der Waals surface area contributed by atoms with Gasteiger partial charge in [-0.2, -0.15) is 0 Å². The van der Waals surface area contributed by atoms with Gasteiger partial charge in [0.1, 0.15) is 0 Å². The molecule has 0 aliphatic rings. The standard InChI is InChI=1S/C7H19N3O2/c1-7(12,9-2)10(4-3-8)5-6-11/h9,11-12H,3-6,8H2,1-2H3. The highest BCUT2D eigenvalue weighted by atomic mass is 16.3. The quantitative estimate of drug-likeness (QED) is 0.357. The molecule has 0 saturated heterocycles. The van der Waals surface area contributed by atoms with Crippen LogP contribution in [0.5, 0.6) is 0 Å². The van der Waals surface area contributed by atoms with Gasteiger partial charge < -0.3 is 15.9 Å². The number of nitrogens with zero attached hydrogens (tertiary/aromatic N) is 1. The third-order valence-corrected chi connectivity index (χ3v) is 1.86. The maximum atomic E-state index is 9.69. The van der Waals surface area contributed by atoms with Crippen LogP contribution in [0.25, 0.3) is 0 Å². The van der Waals surface area contributed by atoms with Gasteiger partial charge in [-0.05, 0) is 14.0 Å². The summed E-state index contributed by atoms with van der Waals surface area (Å²) in [5, 5.41) is 21.1. The summed E-state index contributed by atoms with van der Waals surface area (Å²) in [5.41, 5.74) is 5.35. The second-order valence-corrected chi connectivity index (χ2v) is 2.77. The molecule has 12 heavy (non-hydrogen) atoms. The number of hydrogen-bond acceptors (Lipinski definition) is 5. The van der Waals surface area contributed by atoms with Gasteiger partial charge in [-0.25, -0.2) is 0 Å². The van der Waals surface area contributed by atoms with E-state index in [1.54, 1.807) is 18.9 Å². The van der Waals surface area contributed by atoms with Crippen LogP contribution in [-0.2, 0) is 0 Å². The topological polar surface area (TPSA) is 81.8 Å². The summed E-state index contributed by atoms with van der Waals surface area (Å²) in [7, 11) is 1.65. The third-order valence-electron chi connectivity index (χ3n) is 1.86. The maximum Gasteiger partial charge on any atom is 0.171 e. The van der Waals surface area contributed by atoms with Crippen molar-refractivity contribution < 1.29 is 10.2 Å². The molecule has 0 rings (SSSR count). The minimum absolute atomic E-state index is 0.0117. The average molecular weight is 177 g/mol. The number of rotatable bonds is 6. The van der Waals surface area contributed by atoms with Gasteiger partial charge in [0.25, 0.3) is 0 Å². The van der Waals surface area contributed by atoms with Crippen LogP contribution in [0.3, 0.4) is 0 Å². The zero-order chi connectivity index (χ0) is 9.61. The smallest absolute Gasteiger partial charge is 0.171 e. The van der Waals surface area contributed by atoms with Crippen molar-refractivity contribution in [1.29, 1.82) is 0 Å². The average Bonchev–Trinajstić information content (AvgIpc) is 2.04. The summed E-state index contributed by atoms with van der Waals surface area (Å²) >= 11 is 0. The fraction of sp³-hybridized carbons (Fsp3) is 1.00. The van der Waals surface area contributed by atoms with E-state index in [1.165, 1.54) is 0 Å².